The highest BCUT2D eigenvalue weighted by Gasteiger charge is 2.20. The first-order valence-electron chi connectivity index (χ1n) is 7.91. The minimum absolute atomic E-state index is 0.192. The summed E-state index contributed by atoms with van der Waals surface area (Å²) in [7, 11) is -2.60. The predicted molar refractivity (Wildman–Crippen MR) is 104 cm³/mol. The van der Waals surface area contributed by atoms with Crippen LogP contribution in [0.5, 0.6) is 0 Å². The molecule has 1 N–H and O–H groups in total. The summed E-state index contributed by atoms with van der Waals surface area (Å²) < 4.78 is 44.8. The van der Waals surface area contributed by atoms with E-state index >= 15 is 0 Å². The van der Waals surface area contributed by atoms with E-state index in [-0.39, 0.29) is 11.5 Å². The van der Waals surface area contributed by atoms with Crippen LogP contribution in [0.4, 0.5) is 4.39 Å². The lowest BCUT2D eigenvalue weighted by Crippen LogP contribution is -2.19. The van der Waals surface area contributed by atoms with E-state index in [1.807, 2.05) is 12.1 Å². The zero-order valence-electron chi connectivity index (χ0n) is 14.5. The average molecular weight is 441 g/mol. The molecule has 0 aliphatic rings. The minimum atomic E-state index is -3.82. The van der Waals surface area contributed by atoms with Gasteiger partial charge in [-0.3, -0.25) is 0 Å². The van der Waals surface area contributed by atoms with E-state index < -0.39 is 27.4 Å². The molecule has 0 atom stereocenters. The molecule has 6 nitrogen and oxygen atoms in total. The number of rotatable bonds is 6. The van der Waals surface area contributed by atoms with E-state index in [1.54, 1.807) is 17.5 Å². The lowest BCUT2D eigenvalue weighted by Gasteiger charge is -2.07. The van der Waals surface area contributed by atoms with Gasteiger partial charge in [0.1, 0.15) is 17.4 Å². The van der Waals surface area contributed by atoms with Crippen molar-refractivity contribution < 1.29 is 22.3 Å². The van der Waals surface area contributed by atoms with Crippen LogP contribution in [-0.2, 0) is 21.4 Å². The van der Waals surface area contributed by atoms with Gasteiger partial charge in [-0.2, -0.15) is 0 Å². The molecule has 10 heteroatoms. The predicted octanol–water partition coefficient (Wildman–Crippen LogP) is 3.87. The summed E-state index contributed by atoms with van der Waals surface area (Å²) in [5.74, 6) is -1.87. The molecular formula is C18H14ClFN2O4S2. The van der Waals surface area contributed by atoms with Crippen LogP contribution in [0.25, 0.3) is 10.6 Å². The standard InChI is InChI=1S/C18H14ClFN2O4S2/c1-21-28(24,25)12-6-7-16(20)14(8-12)18(23)26-9-11-10-27-17(22-11)13-4-2-3-5-15(13)19/h2-8,10,21H,9H2,1H3. The number of carbonyl (C=O) groups is 1. The Morgan fingerprint density at radius 3 is 2.75 bits per heavy atom. The molecule has 0 saturated heterocycles. The van der Waals surface area contributed by atoms with Gasteiger partial charge in [0.25, 0.3) is 0 Å². The second-order valence-corrected chi connectivity index (χ2v) is 8.70. The Labute approximate surface area is 170 Å². The van der Waals surface area contributed by atoms with E-state index in [0.29, 0.717) is 15.7 Å². The zero-order chi connectivity index (χ0) is 20.3. The van der Waals surface area contributed by atoms with Gasteiger partial charge in [-0.05, 0) is 31.3 Å². The summed E-state index contributed by atoms with van der Waals surface area (Å²) in [5.41, 5.74) is 0.744. The lowest BCUT2D eigenvalue weighted by atomic mass is 10.2. The van der Waals surface area contributed by atoms with Crippen molar-refractivity contribution in [3.05, 3.63) is 69.9 Å². The van der Waals surface area contributed by atoms with Crippen LogP contribution in [0, 0.1) is 5.82 Å². The summed E-state index contributed by atoms with van der Waals surface area (Å²) in [6, 6.07) is 10.1. The largest absolute Gasteiger partial charge is 0.455 e. The molecule has 1 heterocycles. The number of nitrogens with one attached hydrogen (secondary N) is 1. The Balaban J connectivity index is 1.75. The zero-order valence-corrected chi connectivity index (χ0v) is 16.9. The molecule has 0 fully saturated rings. The third kappa shape index (κ3) is 4.39. The Hall–Kier alpha value is -2.33. The molecule has 2 aromatic carbocycles. The number of ether oxygens (including phenoxy) is 1. The van der Waals surface area contributed by atoms with E-state index in [4.69, 9.17) is 16.3 Å². The van der Waals surface area contributed by atoms with Gasteiger partial charge in [0.15, 0.2) is 0 Å². The fourth-order valence-corrected chi connectivity index (χ4v) is 4.18. The first-order chi connectivity index (χ1) is 13.3. The van der Waals surface area contributed by atoms with Crippen LogP contribution in [0.2, 0.25) is 5.02 Å². The van der Waals surface area contributed by atoms with Gasteiger partial charge in [-0.15, -0.1) is 11.3 Å². The lowest BCUT2D eigenvalue weighted by molar-refractivity contribution is 0.0463. The van der Waals surface area contributed by atoms with Crippen molar-refractivity contribution in [2.24, 2.45) is 0 Å². The monoisotopic (exact) mass is 440 g/mol. The molecule has 3 rings (SSSR count). The summed E-state index contributed by atoms with van der Waals surface area (Å²) in [6.45, 7) is -0.192. The molecule has 0 saturated carbocycles. The highest BCUT2D eigenvalue weighted by molar-refractivity contribution is 7.89. The number of thiazole rings is 1. The van der Waals surface area contributed by atoms with Crippen molar-refractivity contribution in [2.45, 2.75) is 11.5 Å². The van der Waals surface area contributed by atoms with Crippen LogP contribution in [0.3, 0.4) is 0 Å². The van der Waals surface area contributed by atoms with Crippen LogP contribution in [-0.4, -0.2) is 26.4 Å². The summed E-state index contributed by atoms with van der Waals surface area (Å²) >= 11 is 7.47. The maximum atomic E-state index is 14.0. The second kappa shape index (κ2) is 8.36. The van der Waals surface area contributed by atoms with Crippen LogP contribution in [0.1, 0.15) is 16.1 Å². The van der Waals surface area contributed by atoms with Crippen molar-refractivity contribution in [3.63, 3.8) is 0 Å². The molecule has 28 heavy (non-hydrogen) atoms. The number of halogens is 2. The first-order valence-corrected chi connectivity index (χ1v) is 10.7. The molecular weight excluding hydrogens is 427 g/mol. The molecule has 0 aliphatic heterocycles. The molecule has 146 valence electrons. The van der Waals surface area contributed by atoms with Crippen molar-refractivity contribution in [2.75, 3.05) is 7.05 Å². The fourth-order valence-electron chi connectivity index (χ4n) is 2.29. The maximum absolute atomic E-state index is 14.0. The highest BCUT2D eigenvalue weighted by atomic mass is 35.5. The molecule has 0 aliphatic carbocycles. The van der Waals surface area contributed by atoms with E-state index in [9.17, 15) is 17.6 Å². The van der Waals surface area contributed by atoms with Crippen LogP contribution >= 0.6 is 22.9 Å². The van der Waals surface area contributed by atoms with Gasteiger partial charge >= 0.3 is 5.97 Å². The number of aromatic nitrogens is 1. The SMILES string of the molecule is CNS(=O)(=O)c1ccc(F)c(C(=O)OCc2csc(-c3ccccc3Cl)n2)c1. The second-order valence-electron chi connectivity index (χ2n) is 5.55. The highest BCUT2D eigenvalue weighted by Crippen LogP contribution is 2.30. The molecule has 0 radical (unpaired) electrons. The number of esters is 1. The number of sulfonamides is 1. The third-order valence-electron chi connectivity index (χ3n) is 3.74. The number of hydrogen-bond donors (Lipinski definition) is 1. The fraction of sp³-hybridized carbons (Fsp3) is 0.111. The molecule has 0 spiro atoms. The first kappa shape index (κ1) is 20.4. The van der Waals surface area contributed by atoms with Gasteiger partial charge in [0.05, 0.1) is 21.2 Å². The van der Waals surface area contributed by atoms with Crippen molar-refractivity contribution in [1.82, 2.24) is 9.71 Å². The van der Waals surface area contributed by atoms with Crippen LogP contribution < -0.4 is 4.72 Å². The summed E-state index contributed by atoms with van der Waals surface area (Å²) in [4.78, 5) is 16.3. The third-order valence-corrected chi connectivity index (χ3v) is 6.41. The van der Waals surface area contributed by atoms with Gasteiger partial charge in [-0.1, -0.05) is 29.8 Å². The minimum Gasteiger partial charge on any atom is -0.455 e. The number of nitrogens with zero attached hydrogens (tertiary/aromatic N) is 1. The molecule has 0 unspecified atom stereocenters. The molecule has 1 aromatic heterocycles. The van der Waals surface area contributed by atoms with Gasteiger partial charge in [0, 0.05) is 10.9 Å². The normalized spacial score (nSPS) is 11.4. The number of hydrogen-bond acceptors (Lipinski definition) is 6. The molecule has 0 bridgehead atoms. The van der Waals surface area contributed by atoms with Gasteiger partial charge in [0.2, 0.25) is 10.0 Å². The summed E-state index contributed by atoms with van der Waals surface area (Å²) in [5, 5.41) is 2.90. The van der Waals surface area contributed by atoms with E-state index in [2.05, 4.69) is 9.71 Å². The Bertz CT molecular complexity index is 1130. The Morgan fingerprint density at radius 2 is 2.04 bits per heavy atom. The van der Waals surface area contributed by atoms with Crippen molar-refractivity contribution in [1.29, 1.82) is 0 Å². The summed E-state index contributed by atoms with van der Waals surface area (Å²) in [6.07, 6.45) is 0. The topological polar surface area (TPSA) is 85.4 Å². The van der Waals surface area contributed by atoms with Gasteiger partial charge < -0.3 is 4.74 Å². The Kier molecular flexibility index (Phi) is 6.09. The smallest absolute Gasteiger partial charge is 0.341 e. The maximum Gasteiger partial charge on any atom is 0.341 e. The average Bonchev–Trinajstić information content (AvgIpc) is 3.15. The molecule has 0 amide bonds. The van der Waals surface area contributed by atoms with E-state index in [1.165, 1.54) is 18.4 Å². The Morgan fingerprint density at radius 1 is 1.29 bits per heavy atom. The molecule has 3 aromatic rings. The van der Waals surface area contributed by atoms with Crippen molar-refractivity contribution >= 4 is 38.9 Å². The van der Waals surface area contributed by atoms with Gasteiger partial charge in [-0.25, -0.2) is 27.3 Å². The number of benzene rings is 2. The number of carbonyl (C=O) groups excluding carboxylic acids is 1. The van der Waals surface area contributed by atoms with Crippen molar-refractivity contribution in [3.8, 4) is 10.6 Å². The quantitative estimate of drug-likeness (QED) is 0.588. The van der Waals surface area contributed by atoms with Crippen LogP contribution in [0.15, 0.2) is 52.7 Å². The van der Waals surface area contributed by atoms with E-state index in [0.717, 1.165) is 23.8 Å².